The maximum Gasteiger partial charge on any atom is 0.318 e. The lowest BCUT2D eigenvalue weighted by molar-refractivity contribution is -0.120. The number of urea groups is 1. The highest BCUT2D eigenvalue weighted by Crippen LogP contribution is 2.24. The zero-order valence-corrected chi connectivity index (χ0v) is 8.23. The molecule has 13 heavy (non-hydrogen) atoms. The van der Waals surface area contributed by atoms with Gasteiger partial charge < -0.3 is 5.73 Å². The minimum atomic E-state index is -0.754. The number of carbonyl (C=O) groups excluding carboxylic acids is 2. The Morgan fingerprint density at radius 1 is 1.38 bits per heavy atom. The molecule has 0 unspecified atom stereocenters. The predicted octanol–water partition coefficient (Wildman–Crippen LogP) is 0.715. The summed E-state index contributed by atoms with van der Waals surface area (Å²) in [6.45, 7) is 0. The van der Waals surface area contributed by atoms with Crippen LogP contribution in [0.4, 0.5) is 4.79 Å². The maximum atomic E-state index is 11.1. The molecule has 1 aliphatic heterocycles. The van der Waals surface area contributed by atoms with Gasteiger partial charge in [-0.25, -0.2) is 4.79 Å². The number of rotatable bonds is 2. The van der Waals surface area contributed by atoms with E-state index in [-0.39, 0.29) is 5.91 Å². The van der Waals surface area contributed by atoms with Gasteiger partial charge in [-0.3, -0.25) is 10.1 Å². The number of primary amides is 1. The van der Waals surface area contributed by atoms with Crippen molar-refractivity contribution in [1.82, 2.24) is 5.32 Å². The van der Waals surface area contributed by atoms with E-state index < -0.39 is 6.03 Å². The molecule has 0 aromatic heterocycles. The summed E-state index contributed by atoms with van der Waals surface area (Å²) >= 11 is 1.92. The lowest BCUT2D eigenvalue weighted by Crippen LogP contribution is -2.36. The minimum absolute atomic E-state index is 0.246. The largest absolute Gasteiger partial charge is 0.351 e. The van der Waals surface area contributed by atoms with Gasteiger partial charge in [0.1, 0.15) is 0 Å². The molecule has 0 aliphatic carbocycles. The summed E-state index contributed by atoms with van der Waals surface area (Å²) in [6, 6.07) is -0.754. The number of hydrogen-bond donors (Lipinski definition) is 2. The zero-order chi connectivity index (χ0) is 9.68. The Balaban J connectivity index is 2.22. The second kappa shape index (κ2) is 5.11. The first-order valence-corrected chi connectivity index (χ1v) is 5.51. The van der Waals surface area contributed by atoms with Crippen LogP contribution in [-0.4, -0.2) is 23.4 Å². The third-order valence-corrected chi connectivity index (χ3v) is 3.13. The Bertz CT molecular complexity index is 202. The van der Waals surface area contributed by atoms with E-state index in [0.29, 0.717) is 12.3 Å². The third kappa shape index (κ3) is 4.17. The fourth-order valence-corrected chi connectivity index (χ4v) is 2.61. The van der Waals surface area contributed by atoms with Crippen LogP contribution in [0.2, 0.25) is 0 Å². The summed E-state index contributed by atoms with van der Waals surface area (Å²) in [5.41, 5.74) is 4.82. The molecule has 1 saturated heterocycles. The van der Waals surface area contributed by atoms with Crippen LogP contribution in [0, 0.1) is 5.92 Å². The monoisotopic (exact) mass is 202 g/mol. The van der Waals surface area contributed by atoms with Gasteiger partial charge in [0.05, 0.1) is 0 Å². The first-order chi connectivity index (χ1) is 6.18. The molecule has 5 heteroatoms. The van der Waals surface area contributed by atoms with Gasteiger partial charge in [-0.1, -0.05) is 0 Å². The van der Waals surface area contributed by atoms with Crippen molar-refractivity contribution in [2.24, 2.45) is 11.7 Å². The summed E-state index contributed by atoms with van der Waals surface area (Å²) in [4.78, 5) is 21.4. The summed E-state index contributed by atoms with van der Waals surface area (Å²) < 4.78 is 0. The van der Waals surface area contributed by atoms with Gasteiger partial charge in [0.25, 0.3) is 0 Å². The molecule has 1 fully saturated rings. The van der Waals surface area contributed by atoms with Gasteiger partial charge >= 0.3 is 6.03 Å². The average Bonchev–Trinajstić information content (AvgIpc) is 2.04. The van der Waals surface area contributed by atoms with Gasteiger partial charge in [-0.05, 0) is 30.3 Å². The van der Waals surface area contributed by atoms with E-state index in [4.69, 9.17) is 5.73 Å². The zero-order valence-electron chi connectivity index (χ0n) is 7.41. The number of imide groups is 1. The van der Waals surface area contributed by atoms with Crippen LogP contribution in [-0.2, 0) is 4.79 Å². The van der Waals surface area contributed by atoms with Crippen molar-refractivity contribution < 1.29 is 9.59 Å². The summed E-state index contributed by atoms with van der Waals surface area (Å²) in [5.74, 6) is 2.42. The van der Waals surface area contributed by atoms with Crippen molar-refractivity contribution in [3.8, 4) is 0 Å². The summed E-state index contributed by atoms with van der Waals surface area (Å²) in [5, 5.41) is 2.08. The molecule has 0 saturated carbocycles. The van der Waals surface area contributed by atoms with E-state index in [0.717, 1.165) is 24.3 Å². The van der Waals surface area contributed by atoms with Crippen LogP contribution < -0.4 is 11.1 Å². The van der Waals surface area contributed by atoms with Crippen molar-refractivity contribution in [3.05, 3.63) is 0 Å². The Labute approximate surface area is 81.6 Å². The van der Waals surface area contributed by atoms with Crippen molar-refractivity contribution in [2.45, 2.75) is 19.3 Å². The van der Waals surface area contributed by atoms with Gasteiger partial charge in [-0.2, -0.15) is 11.8 Å². The highest BCUT2D eigenvalue weighted by Gasteiger charge is 2.17. The fraction of sp³-hybridized carbons (Fsp3) is 0.750. The molecule has 0 aromatic carbocycles. The van der Waals surface area contributed by atoms with Crippen molar-refractivity contribution in [2.75, 3.05) is 11.5 Å². The van der Waals surface area contributed by atoms with E-state index >= 15 is 0 Å². The molecular weight excluding hydrogens is 188 g/mol. The minimum Gasteiger partial charge on any atom is -0.351 e. The fourth-order valence-electron chi connectivity index (χ4n) is 1.40. The molecule has 1 aliphatic rings. The second-order valence-corrected chi connectivity index (χ2v) is 4.40. The molecular formula is C8H14N2O2S. The maximum absolute atomic E-state index is 11.1. The van der Waals surface area contributed by atoms with E-state index in [1.807, 2.05) is 11.8 Å². The average molecular weight is 202 g/mol. The molecule has 1 heterocycles. The number of nitrogens with one attached hydrogen (secondary N) is 1. The van der Waals surface area contributed by atoms with E-state index in [9.17, 15) is 9.59 Å². The standard InChI is InChI=1S/C8H14N2O2S/c9-8(12)10-7(11)5-6-1-3-13-4-2-6/h6H,1-5H2,(H3,9,10,11,12). The molecule has 74 valence electrons. The van der Waals surface area contributed by atoms with Crippen molar-refractivity contribution in [1.29, 1.82) is 0 Å². The van der Waals surface area contributed by atoms with Crippen molar-refractivity contribution >= 4 is 23.7 Å². The Kier molecular flexibility index (Phi) is 4.08. The number of hydrogen-bond acceptors (Lipinski definition) is 3. The quantitative estimate of drug-likeness (QED) is 0.693. The van der Waals surface area contributed by atoms with Gasteiger partial charge in [0.2, 0.25) is 5.91 Å². The molecule has 0 spiro atoms. The Hall–Kier alpha value is -0.710. The lowest BCUT2D eigenvalue weighted by atomic mass is 9.98. The molecule has 1 rings (SSSR count). The second-order valence-electron chi connectivity index (χ2n) is 3.17. The molecule has 3 amide bonds. The number of carbonyl (C=O) groups is 2. The summed E-state index contributed by atoms with van der Waals surface area (Å²) in [7, 11) is 0. The molecule has 0 aromatic rings. The normalized spacial score (nSPS) is 18.2. The third-order valence-electron chi connectivity index (χ3n) is 2.08. The highest BCUT2D eigenvalue weighted by molar-refractivity contribution is 7.99. The lowest BCUT2D eigenvalue weighted by Gasteiger charge is -2.20. The van der Waals surface area contributed by atoms with Crippen LogP contribution in [0.1, 0.15) is 19.3 Å². The smallest absolute Gasteiger partial charge is 0.318 e. The molecule has 3 N–H and O–H groups in total. The Morgan fingerprint density at radius 2 is 2.00 bits per heavy atom. The van der Waals surface area contributed by atoms with Crippen molar-refractivity contribution in [3.63, 3.8) is 0 Å². The Morgan fingerprint density at radius 3 is 2.54 bits per heavy atom. The van der Waals surface area contributed by atoms with Crippen LogP contribution in [0.3, 0.4) is 0 Å². The number of thioether (sulfide) groups is 1. The van der Waals surface area contributed by atoms with Crippen LogP contribution in [0.25, 0.3) is 0 Å². The molecule has 4 nitrogen and oxygen atoms in total. The first-order valence-electron chi connectivity index (χ1n) is 4.35. The highest BCUT2D eigenvalue weighted by atomic mass is 32.2. The van der Waals surface area contributed by atoms with Crippen LogP contribution in [0.15, 0.2) is 0 Å². The van der Waals surface area contributed by atoms with E-state index in [1.165, 1.54) is 0 Å². The number of amides is 3. The van der Waals surface area contributed by atoms with Gasteiger partial charge in [-0.15, -0.1) is 0 Å². The number of nitrogens with two attached hydrogens (primary N) is 1. The summed E-state index contributed by atoms with van der Waals surface area (Å²) in [6.07, 6.45) is 2.57. The van der Waals surface area contributed by atoms with Gasteiger partial charge in [0, 0.05) is 6.42 Å². The van der Waals surface area contributed by atoms with Gasteiger partial charge in [0.15, 0.2) is 0 Å². The molecule has 0 radical (unpaired) electrons. The molecule has 0 atom stereocenters. The predicted molar refractivity (Wildman–Crippen MR) is 52.4 cm³/mol. The van der Waals surface area contributed by atoms with Crippen LogP contribution in [0.5, 0.6) is 0 Å². The molecule has 0 bridgehead atoms. The van der Waals surface area contributed by atoms with E-state index in [1.54, 1.807) is 0 Å². The van der Waals surface area contributed by atoms with E-state index in [2.05, 4.69) is 5.32 Å². The SMILES string of the molecule is NC(=O)NC(=O)CC1CCSCC1. The van der Waals surface area contributed by atoms with Crippen LogP contribution >= 0.6 is 11.8 Å². The first kappa shape index (κ1) is 10.4. The topological polar surface area (TPSA) is 72.2 Å².